The maximum Gasteiger partial charge on any atom is 0.375 e. The van der Waals surface area contributed by atoms with Crippen molar-refractivity contribution in [1.29, 1.82) is 0 Å². The lowest BCUT2D eigenvalue weighted by Crippen LogP contribution is -2.10. The Morgan fingerprint density at radius 1 is 1.71 bits per heavy atom. The third-order valence-electron chi connectivity index (χ3n) is 2.35. The fourth-order valence-corrected chi connectivity index (χ4v) is 1.96. The van der Waals surface area contributed by atoms with Gasteiger partial charge in [-0.05, 0) is 13.0 Å². The zero-order valence-electron chi connectivity index (χ0n) is 7.29. The summed E-state index contributed by atoms with van der Waals surface area (Å²) in [5.41, 5.74) is 0.518. The topological polar surface area (TPSA) is 75.4 Å². The minimum Gasteiger partial charge on any atom is -0.475 e. The number of carboxylic acid groups (broad SMARTS) is 1. The van der Waals surface area contributed by atoms with E-state index in [1.165, 1.54) is 0 Å². The van der Waals surface area contributed by atoms with Crippen molar-refractivity contribution in [1.82, 2.24) is 10.5 Å². The fraction of sp³-hybridized carbons (Fsp3) is 0.500. The van der Waals surface area contributed by atoms with Crippen LogP contribution in [0.15, 0.2) is 4.52 Å². The molecule has 0 bridgehead atoms. The van der Waals surface area contributed by atoms with Crippen LogP contribution in [-0.4, -0.2) is 29.3 Å². The highest BCUT2D eigenvalue weighted by atomic mass is 35.5. The van der Waals surface area contributed by atoms with Crippen molar-refractivity contribution in [3.63, 3.8) is 0 Å². The summed E-state index contributed by atoms with van der Waals surface area (Å²) in [6, 6.07) is 0. The van der Waals surface area contributed by atoms with E-state index in [0.717, 1.165) is 19.5 Å². The molecule has 6 heteroatoms. The van der Waals surface area contributed by atoms with Crippen LogP contribution < -0.4 is 5.32 Å². The van der Waals surface area contributed by atoms with Gasteiger partial charge in [0.1, 0.15) is 0 Å². The van der Waals surface area contributed by atoms with Crippen LogP contribution in [0.2, 0.25) is 5.15 Å². The molecule has 0 aromatic carbocycles. The first-order valence-electron chi connectivity index (χ1n) is 4.29. The minimum atomic E-state index is -1.12. The number of hydrogen-bond acceptors (Lipinski definition) is 4. The third-order valence-corrected chi connectivity index (χ3v) is 2.62. The van der Waals surface area contributed by atoms with Crippen molar-refractivity contribution in [2.75, 3.05) is 13.1 Å². The Hall–Kier alpha value is -1.07. The second-order valence-corrected chi connectivity index (χ2v) is 3.57. The molecule has 1 atom stereocenters. The molecule has 1 aliphatic rings. The summed E-state index contributed by atoms with van der Waals surface area (Å²) in [5.74, 6) is -1.16. The van der Waals surface area contributed by atoms with Gasteiger partial charge in [0.15, 0.2) is 5.15 Å². The van der Waals surface area contributed by atoms with Crippen molar-refractivity contribution in [3.05, 3.63) is 16.5 Å². The number of aromatic carboxylic acids is 1. The second kappa shape index (κ2) is 3.59. The molecule has 0 amide bonds. The number of rotatable bonds is 2. The third kappa shape index (κ3) is 1.49. The molecule has 0 spiro atoms. The standard InChI is InChI=1S/C8H9ClN2O3/c9-7-5(4-1-2-10-3-4)6(8(12)13)14-11-7/h4,10H,1-3H2,(H,12,13). The zero-order chi connectivity index (χ0) is 10.1. The summed E-state index contributed by atoms with van der Waals surface area (Å²) in [6.07, 6.45) is 0.862. The van der Waals surface area contributed by atoms with Crippen LogP contribution in [-0.2, 0) is 0 Å². The van der Waals surface area contributed by atoms with E-state index < -0.39 is 5.97 Å². The number of nitrogens with one attached hydrogen (secondary N) is 1. The van der Waals surface area contributed by atoms with Crippen LogP contribution in [0.4, 0.5) is 0 Å². The highest BCUT2D eigenvalue weighted by Gasteiger charge is 2.29. The van der Waals surface area contributed by atoms with Gasteiger partial charge in [-0.2, -0.15) is 0 Å². The number of nitrogens with zero attached hydrogens (tertiary/aromatic N) is 1. The number of carbonyl (C=O) groups is 1. The van der Waals surface area contributed by atoms with Crippen LogP contribution >= 0.6 is 11.6 Å². The molecule has 76 valence electrons. The van der Waals surface area contributed by atoms with Crippen molar-refractivity contribution >= 4 is 17.6 Å². The van der Waals surface area contributed by atoms with Crippen LogP contribution in [0.3, 0.4) is 0 Å². The Balaban J connectivity index is 2.38. The molecular weight excluding hydrogens is 208 g/mol. The molecule has 14 heavy (non-hydrogen) atoms. The van der Waals surface area contributed by atoms with E-state index in [4.69, 9.17) is 16.7 Å². The van der Waals surface area contributed by atoms with Crippen molar-refractivity contribution in [2.24, 2.45) is 0 Å². The normalized spacial score (nSPS) is 21.4. The summed E-state index contributed by atoms with van der Waals surface area (Å²) in [5, 5.41) is 15.6. The Morgan fingerprint density at radius 2 is 2.50 bits per heavy atom. The van der Waals surface area contributed by atoms with Crippen LogP contribution in [0.25, 0.3) is 0 Å². The Kier molecular flexibility index (Phi) is 2.43. The predicted octanol–water partition coefficient (Wildman–Crippen LogP) is 1.10. The molecule has 2 N–H and O–H groups in total. The molecule has 1 fully saturated rings. The first-order valence-corrected chi connectivity index (χ1v) is 4.67. The first kappa shape index (κ1) is 9.48. The van der Waals surface area contributed by atoms with Gasteiger partial charge in [-0.15, -0.1) is 0 Å². The smallest absolute Gasteiger partial charge is 0.375 e. The van der Waals surface area contributed by atoms with E-state index in [-0.39, 0.29) is 16.8 Å². The maximum absolute atomic E-state index is 10.8. The molecule has 5 nitrogen and oxygen atoms in total. The monoisotopic (exact) mass is 216 g/mol. The van der Waals surface area contributed by atoms with Gasteiger partial charge in [0.2, 0.25) is 5.76 Å². The lowest BCUT2D eigenvalue weighted by atomic mass is 9.99. The van der Waals surface area contributed by atoms with Gasteiger partial charge in [0.25, 0.3) is 0 Å². The minimum absolute atomic E-state index is 0.0971. The van der Waals surface area contributed by atoms with Gasteiger partial charge in [0.05, 0.1) is 5.56 Å². The predicted molar refractivity (Wildman–Crippen MR) is 48.7 cm³/mol. The highest BCUT2D eigenvalue weighted by Crippen LogP contribution is 2.31. The van der Waals surface area contributed by atoms with E-state index in [9.17, 15) is 4.79 Å². The fourth-order valence-electron chi connectivity index (χ4n) is 1.69. The van der Waals surface area contributed by atoms with Gasteiger partial charge >= 0.3 is 5.97 Å². The van der Waals surface area contributed by atoms with E-state index in [1.807, 2.05) is 0 Å². The molecule has 1 aromatic rings. The molecule has 0 radical (unpaired) electrons. The maximum atomic E-state index is 10.8. The average Bonchev–Trinajstić information content (AvgIpc) is 2.71. The van der Waals surface area contributed by atoms with Crippen molar-refractivity contribution < 1.29 is 14.4 Å². The zero-order valence-corrected chi connectivity index (χ0v) is 8.04. The highest BCUT2D eigenvalue weighted by molar-refractivity contribution is 6.30. The molecule has 0 aliphatic carbocycles. The Bertz CT molecular complexity index is 357. The molecule has 2 heterocycles. The lowest BCUT2D eigenvalue weighted by Gasteiger charge is -2.05. The SMILES string of the molecule is O=C(O)c1onc(Cl)c1C1CCNC1. The van der Waals surface area contributed by atoms with Gasteiger partial charge in [-0.3, -0.25) is 0 Å². The first-order chi connectivity index (χ1) is 6.70. The van der Waals surface area contributed by atoms with E-state index in [1.54, 1.807) is 0 Å². The molecule has 0 saturated carbocycles. The molecule has 1 unspecified atom stereocenters. The number of aromatic nitrogens is 1. The summed E-state index contributed by atoms with van der Waals surface area (Å²) >= 11 is 5.77. The van der Waals surface area contributed by atoms with E-state index in [2.05, 4.69) is 15.0 Å². The summed E-state index contributed by atoms with van der Waals surface area (Å²) in [6.45, 7) is 1.59. The van der Waals surface area contributed by atoms with Gasteiger partial charge in [0, 0.05) is 12.5 Å². The molecular formula is C8H9ClN2O3. The van der Waals surface area contributed by atoms with E-state index >= 15 is 0 Å². The second-order valence-electron chi connectivity index (χ2n) is 3.21. The molecule has 1 aromatic heterocycles. The molecule has 1 saturated heterocycles. The quantitative estimate of drug-likeness (QED) is 0.775. The molecule has 1 aliphatic heterocycles. The van der Waals surface area contributed by atoms with Gasteiger partial charge in [-0.1, -0.05) is 16.8 Å². The Morgan fingerprint density at radius 3 is 3.07 bits per heavy atom. The lowest BCUT2D eigenvalue weighted by molar-refractivity contribution is 0.0649. The molecule has 2 rings (SSSR count). The van der Waals surface area contributed by atoms with Crippen LogP contribution in [0, 0.1) is 0 Å². The van der Waals surface area contributed by atoms with Gasteiger partial charge < -0.3 is 14.9 Å². The van der Waals surface area contributed by atoms with Gasteiger partial charge in [-0.25, -0.2) is 4.79 Å². The Labute approximate surface area is 85.0 Å². The van der Waals surface area contributed by atoms with Crippen molar-refractivity contribution in [3.8, 4) is 0 Å². The summed E-state index contributed by atoms with van der Waals surface area (Å²) in [7, 11) is 0. The summed E-state index contributed by atoms with van der Waals surface area (Å²) in [4.78, 5) is 10.8. The average molecular weight is 217 g/mol. The van der Waals surface area contributed by atoms with Crippen molar-refractivity contribution in [2.45, 2.75) is 12.3 Å². The van der Waals surface area contributed by atoms with E-state index in [0.29, 0.717) is 5.56 Å². The number of halogens is 1. The summed E-state index contributed by atoms with van der Waals surface area (Å²) < 4.78 is 4.66. The number of hydrogen-bond donors (Lipinski definition) is 2. The van der Waals surface area contributed by atoms with Crippen LogP contribution in [0.1, 0.15) is 28.5 Å². The van der Waals surface area contributed by atoms with Crippen LogP contribution in [0.5, 0.6) is 0 Å². The number of carboxylic acids is 1. The largest absolute Gasteiger partial charge is 0.475 e.